The summed E-state index contributed by atoms with van der Waals surface area (Å²) in [6.45, 7) is 1.88. The zero-order valence-electron chi connectivity index (χ0n) is 10.8. The number of rotatable bonds is 6. The van der Waals surface area contributed by atoms with Gasteiger partial charge in [0.15, 0.2) is 0 Å². The fraction of sp³-hybridized carbons (Fsp3) is 0.545. The van der Waals surface area contributed by atoms with Gasteiger partial charge < -0.3 is 20.4 Å². The van der Waals surface area contributed by atoms with E-state index in [2.05, 4.69) is 10.3 Å². The number of nitrogens with zero attached hydrogens (tertiary/aromatic N) is 2. The number of aliphatic hydroxyl groups is 1. The van der Waals surface area contributed by atoms with Crippen LogP contribution in [0.1, 0.15) is 17.1 Å². The van der Waals surface area contributed by atoms with Crippen molar-refractivity contribution < 1.29 is 19.8 Å². The quantitative estimate of drug-likeness (QED) is 0.704. The monoisotopic (exact) mass is 287 g/mol. The Balaban J connectivity index is 2.54. The summed E-state index contributed by atoms with van der Waals surface area (Å²) >= 11 is 1.49. The average molecular weight is 287 g/mol. The smallest absolute Gasteiger partial charge is 0.326 e. The van der Waals surface area contributed by atoms with E-state index in [9.17, 15) is 9.59 Å². The molecule has 8 heteroatoms. The molecule has 0 saturated carbocycles. The maximum atomic E-state index is 11.8. The number of urea groups is 1. The zero-order chi connectivity index (χ0) is 14.4. The second-order valence-electron chi connectivity index (χ2n) is 4.07. The molecule has 1 aromatic rings. The largest absolute Gasteiger partial charge is 0.480 e. The standard InChI is InChI=1S/C11H17N3O4S/c1-7-12-8(6-19-7)5-14(2)11(18)13-9(3-4-15)10(16)17/h6,9,15H,3-5H2,1-2H3,(H,13,18)(H,16,17). The summed E-state index contributed by atoms with van der Waals surface area (Å²) in [6, 6.07) is -1.59. The van der Waals surface area contributed by atoms with Crippen molar-refractivity contribution in [2.45, 2.75) is 25.9 Å². The summed E-state index contributed by atoms with van der Waals surface area (Å²) in [5.74, 6) is -1.17. The molecule has 3 N–H and O–H groups in total. The first-order valence-electron chi connectivity index (χ1n) is 5.70. The van der Waals surface area contributed by atoms with E-state index in [1.807, 2.05) is 12.3 Å². The number of carbonyl (C=O) groups is 2. The molecule has 0 aromatic carbocycles. The van der Waals surface area contributed by atoms with Gasteiger partial charge in [0.05, 0.1) is 17.2 Å². The maximum absolute atomic E-state index is 11.8. The molecule has 0 bridgehead atoms. The summed E-state index contributed by atoms with van der Waals surface area (Å²) in [6.07, 6.45) is -0.0231. The van der Waals surface area contributed by atoms with E-state index in [1.54, 1.807) is 7.05 Å². The minimum Gasteiger partial charge on any atom is -0.480 e. The molecular weight excluding hydrogens is 270 g/mol. The van der Waals surface area contributed by atoms with Crippen molar-refractivity contribution in [2.75, 3.05) is 13.7 Å². The molecule has 1 aromatic heterocycles. The number of nitrogens with one attached hydrogen (secondary N) is 1. The summed E-state index contributed by atoms with van der Waals surface area (Å²) in [7, 11) is 1.56. The van der Waals surface area contributed by atoms with Gasteiger partial charge in [-0.15, -0.1) is 11.3 Å². The number of amides is 2. The second kappa shape index (κ2) is 7.05. The number of carboxylic acid groups (broad SMARTS) is 1. The lowest BCUT2D eigenvalue weighted by Gasteiger charge is -2.20. The first-order valence-corrected chi connectivity index (χ1v) is 6.58. The van der Waals surface area contributed by atoms with E-state index in [0.717, 1.165) is 10.7 Å². The van der Waals surface area contributed by atoms with E-state index in [0.29, 0.717) is 6.54 Å². The molecule has 2 amide bonds. The van der Waals surface area contributed by atoms with Crippen LogP contribution in [0.4, 0.5) is 4.79 Å². The number of carboxylic acids is 1. The Labute approximate surface area is 114 Å². The van der Waals surface area contributed by atoms with Gasteiger partial charge in [0.25, 0.3) is 0 Å². The summed E-state index contributed by atoms with van der Waals surface area (Å²) in [5, 5.41) is 22.7. The highest BCUT2D eigenvalue weighted by atomic mass is 32.1. The summed E-state index contributed by atoms with van der Waals surface area (Å²) < 4.78 is 0. The molecule has 0 radical (unpaired) electrons. The Hall–Kier alpha value is -1.67. The highest BCUT2D eigenvalue weighted by molar-refractivity contribution is 7.09. The number of aliphatic carboxylic acids is 1. The molecular formula is C11H17N3O4S. The number of hydrogen-bond acceptors (Lipinski definition) is 5. The average Bonchev–Trinajstić information content (AvgIpc) is 2.73. The molecule has 0 spiro atoms. The Kier molecular flexibility index (Phi) is 5.71. The van der Waals surface area contributed by atoms with E-state index in [1.165, 1.54) is 16.2 Å². The third kappa shape index (κ3) is 4.84. The van der Waals surface area contributed by atoms with Crippen LogP contribution >= 0.6 is 11.3 Å². The molecule has 1 atom stereocenters. The van der Waals surface area contributed by atoms with Crippen molar-refractivity contribution in [2.24, 2.45) is 0 Å². The van der Waals surface area contributed by atoms with Crippen molar-refractivity contribution in [3.63, 3.8) is 0 Å². The van der Waals surface area contributed by atoms with Gasteiger partial charge in [-0.1, -0.05) is 0 Å². The topological polar surface area (TPSA) is 103 Å². The molecule has 1 rings (SSSR count). The molecule has 106 valence electrons. The minimum absolute atomic E-state index is 0.0231. The van der Waals surface area contributed by atoms with Crippen LogP contribution in [0.5, 0.6) is 0 Å². The Morgan fingerprint density at radius 2 is 2.26 bits per heavy atom. The van der Waals surface area contributed by atoms with Gasteiger partial charge in [-0.2, -0.15) is 0 Å². The van der Waals surface area contributed by atoms with Crippen molar-refractivity contribution in [1.82, 2.24) is 15.2 Å². The van der Waals surface area contributed by atoms with Gasteiger partial charge in [-0.05, 0) is 6.92 Å². The predicted molar refractivity (Wildman–Crippen MR) is 70.0 cm³/mol. The van der Waals surface area contributed by atoms with E-state index in [4.69, 9.17) is 10.2 Å². The van der Waals surface area contributed by atoms with Crippen LogP contribution in [-0.2, 0) is 11.3 Å². The molecule has 0 aliphatic carbocycles. The van der Waals surface area contributed by atoms with Crippen molar-refractivity contribution in [1.29, 1.82) is 0 Å². The Morgan fingerprint density at radius 3 is 2.74 bits per heavy atom. The fourth-order valence-electron chi connectivity index (χ4n) is 1.44. The lowest BCUT2D eigenvalue weighted by Crippen LogP contribution is -2.46. The van der Waals surface area contributed by atoms with Gasteiger partial charge in [-0.3, -0.25) is 0 Å². The van der Waals surface area contributed by atoms with E-state index < -0.39 is 18.0 Å². The lowest BCUT2D eigenvalue weighted by molar-refractivity contribution is -0.139. The number of aromatic nitrogens is 1. The van der Waals surface area contributed by atoms with Crippen LogP contribution in [0.2, 0.25) is 0 Å². The third-order valence-corrected chi connectivity index (χ3v) is 3.25. The van der Waals surface area contributed by atoms with Gasteiger partial charge in [0.2, 0.25) is 0 Å². The number of aryl methyl sites for hydroxylation is 1. The molecule has 0 aliphatic heterocycles. The number of hydrogen-bond donors (Lipinski definition) is 3. The van der Waals surface area contributed by atoms with Gasteiger partial charge in [0.1, 0.15) is 6.04 Å². The van der Waals surface area contributed by atoms with Crippen LogP contribution in [0.15, 0.2) is 5.38 Å². The first kappa shape index (κ1) is 15.4. The molecule has 1 unspecified atom stereocenters. The van der Waals surface area contributed by atoms with Crippen molar-refractivity contribution >= 4 is 23.3 Å². The lowest BCUT2D eigenvalue weighted by atomic mass is 10.2. The van der Waals surface area contributed by atoms with E-state index >= 15 is 0 Å². The fourth-order valence-corrected chi connectivity index (χ4v) is 2.05. The Morgan fingerprint density at radius 1 is 1.58 bits per heavy atom. The van der Waals surface area contributed by atoms with Crippen LogP contribution in [0.3, 0.4) is 0 Å². The molecule has 0 fully saturated rings. The molecule has 0 saturated heterocycles. The van der Waals surface area contributed by atoms with Crippen LogP contribution in [0, 0.1) is 6.92 Å². The SMILES string of the molecule is Cc1nc(CN(C)C(=O)NC(CCO)C(=O)O)cs1. The van der Waals surface area contributed by atoms with Gasteiger partial charge in [-0.25, -0.2) is 14.6 Å². The summed E-state index contributed by atoms with van der Waals surface area (Å²) in [4.78, 5) is 28.2. The minimum atomic E-state index is -1.17. The van der Waals surface area contributed by atoms with Crippen molar-refractivity contribution in [3.8, 4) is 0 Å². The van der Waals surface area contributed by atoms with Crippen LogP contribution < -0.4 is 5.32 Å². The number of carbonyl (C=O) groups excluding carboxylic acids is 1. The van der Waals surface area contributed by atoms with E-state index in [-0.39, 0.29) is 13.0 Å². The molecule has 19 heavy (non-hydrogen) atoms. The molecule has 7 nitrogen and oxygen atoms in total. The molecule has 1 heterocycles. The molecule has 0 aliphatic rings. The number of thiazole rings is 1. The third-order valence-electron chi connectivity index (χ3n) is 2.43. The highest BCUT2D eigenvalue weighted by Crippen LogP contribution is 2.09. The highest BCUT2D eigenvalue weighted by Gasteiger charge is 2.21. The van der Waals surface area contributed by atoms with Gasteiger partial charge >= 0.3 is 12.0 Å². The number of aliphatic hydroxyl groups excluding tert-OH is 1. The van der Waals surface area contributed by atoms with Crippen LogP contribution in [-0.4, -0.2) is 51.8 Å². The zero-order valence-corrected chi connectivity index (χ0v) is 11.6. The predicted octanol–water partition coefficient (Wildman–Crippen LogP) is 0.429. The van der Waals surface area contributed by atoms with Gasteiger partial charge in [0, 0.05) is 25.5 Å². The van der Waals surface area contributed by atoms with Crippen molar-refractivity contribution in [3.05, 3.63) is 16.1 Å². The Bertz CT molecular complexity index is 449. The second-order valence-corrected chi connectivity index (χ2v) is 5.13. The normalized spacial score (nSPS) is 11.9. The maximum Gasteiger partial charge on any atom is 0.326 e. The first-order chi connectivity index (χ1) is 8.93. The summed E-state index contributed by atoms with van der Waals surface area (Å²) in [5.41, 5.74) is 0.759. The van der Waals surface area contributed by atoms with Crippen LogP contribution in [0.25, 0.3) is 0 Å².